The molecule has 4 rings (SSSR count). The Kier molecular flexibility index (Phi) is 5.34. The Morgan fingerprint density at radius 2 is 2.19 bits per heavy atom. The Labute approximate surface area is 159 Å². The molecule has 3 aliphatic rings. The average Bonchev–Trinajstić information content (AvgIpc) is 3.29. The van der Waals surface area contributed by atoms with Gasteiger partial charge in [-0.1, -0.05) is 17.8 Å². The molecule has 10 heteroatoms. The van der Waals surface area contributed by atoms with Gasteiger partial charge >= 0.3 is 0 Å². The number of carbonyl (C=O) groups is 2. The van der Waals surface area contributed by atoms with Crippen LogP contribution in [0.5, 0.6) is 0 Å². The first kappa shape index (κ1) is 17.7. The van der Waals surface area contributed by atoms with E-state index >= 15 is 0 Å². The van der Waals surface area contributed by atoms with Gasteiger partial charge in [-0.05, 0) is 6.07 Å². The minimum Gasteiger partial charge on any atom is -0.363 e. The second kappa shape index (κ2) is 7.87. The fourth-order valence-corrected chi connectivity index (χ4v) is 5.02. The van der Waals surface area contributed by atoms with Gasteiger partial charge in [-0.25, -0.2) is 0 Å². The second-order valence-corrected chi connectivity index (χ2v) is 8.36. The molecule has 1 aromatic heterocycles. The van der Waals surface area contributed by atoms with Crippen molar-refractivity contribution in [2.75, 3.05) is 30.7 Å². The van der Waals surface area contributed by atoms with Crippen molar-refractivity contribution in [2.45, 2.75) is 21.8 Å². The molecule has 3 unspecified atom stereocenters. The van der Waals surface area contributed by atoms with Gasteiger partial charge < -0.3 is 21.3 Å². The van der Waals surface area contributed by atoms with Crippen molar-refractivity contribution in [1.29, 1.82) is 0 Å². The van der Waals surface area contributed by atoms with Crippen LogP contribution in [0, 0.1) is 0 Å². The van der Waals surface area contributed by atoms with Crippen LogP contribution in [0.1, 0.15) is 0 Å². The van der Waals surface area contributed by atoms with E-state index in [4.69, 9.17) is 0 Å². The minimum atomic E-state index is -0.413. The number of thioether (sulfide) groups is 2. The lowest BCUT2D eigenvalue weighted by Crippen LogP contribution is -2.57. The number of pyridine rings is 1. The number of amides is 2. The van der Waals surface area contributed by atoms with E-state index in [0.717, 1.165) is 23.7 Å². The average molecular weight is 393 g/mol. The van der Waals surface area contributed by atoms with Crippen molar-refractivity contribution < 1.29 is 9.59 Å². The van der Waals surface area contributed by atoms with E-state index in [1.165, 1.54) is 11.8 Å². The minimum absolute atomic E-state index is 0.0897. The highest BCUT2D eigenvalue weighted by molar-refractivity contribution is 8.01. The number of hydrogen-bond donors (Lipinski definition) is 5. The van der Waals surface area contributed by atoms with E-state index in [2.05, 4.69) is 31.6 Å². The maximum Gasteiger partial charge on any atom is 0.254 e. The van der Waals surface area contributed by atoms with E-state index in [1.807, 2.05) is 12.1 Å². The summed E-state index contributed by atoms with van der Waals surface area (Å²) in [5.74, 6) is 0.433. The van der Waals surface area contributed by atoms with Gasteiger partial charge in [-0.3, -0.25) is 19.9 Å². The molecule has 8 nitrogen and oxygen atoms in total. The number of carbonyl (C=O) groups excluding carboxylic acids is 2. The fourth-order valence-electron chi connectivity index (χ4n) is 2.97. The number of aromatic nitrogens is 1. The summed E-state index contributed by atoms with van der Waals surface area (Å²) < 4.78 is 0. The summed E-state index contributed by atoms with van der Waals surface area (Å²) in [4.78, 5) is 30.2. The van der Waals surface area contributed by atoms with Crippen LogP contribution in [0.3, 0.4) is 0 Å². The molecular formula is C16H20N6O2S2. The molecule has 0 spiro atoms. The second-order valence-electron chi connectivity index (χ2n) is 6.08. The van der Waals surface area contributed by atoms with Gasteiger partial charge in [0.25, 0.3) is 11.8 Å². The maximum atomic E-state index is 12.6. The van der Waals surface area contributed by atoms with Crippen molar-refractivity contribution >= 4 is 41.0 Å². The van der Waals surface area contributed by atoms with Crippen molar-refractivity contribution in [3.63, 3.8) is 0 Å². The normalized spacial score (nSPS) is 27.2. The van der Waals surface area contributed by atoms with Gasteiger partial charge in [0.1, 0.15) is 5.37 Å². The van der Waals surface area contributed by atoms with E-state index < -0.39 is 5.37 Å². The summed E-state index contributed by atoms with van der Waals surface area (Å²) in [6, 6.07) is 1.88. The summed E-state index contributed by atoms with van der Waals surface area (Å²) in [7, 11) is 0. The summed E-state index contributed by atoms with van der Waals surface area (Å²) in [5.41, 5.74) is 1.47. The standard InChI is InChI=1S/C16H20N6O2S2/c23-13(21-12-8-18-4-5-19-12)9-2-6-25-15(9)22-14(24)16-20-10-7-17-3-1-11(10)26-16/h1-3,7,12,15-16,18-20H,4-6,8H2,(H,21,23)(H,22,24). The molecule has 5 N–H and O–H groups in total. The molecule has 1 aromatic rings. The van der Waals surface area contributed by atoms with Gasteiger partial charge in [0.15, 0.2) is 5.37 Å². The number of anilines is 1. The van der Waals surface area contributed by atoms with Crippen molar-refractivity contribution in [1.82, 2.24) is 26.3 Å². The summed E-state index contributed by atoms with van der Waals surface area (Å²) in [6.07, 6.45) is 5.21. The van der Waals surface area contributed by atoms with Crippen molar-refractivity contribution in [2.24, 2.45) is 0 Å². The van der Waals surface area contributed by atoms with Crippen LogP contribution in [0.15, 0.2) is 35.0 Å². The summed E-state index contributed by atoms with van der Waals surface area (Å²) in [6.45, 7) is 2.41. The molecule has 26 heavy (non-hydrogen) atoms. The van der Waals surface area contributed by atoms with E-state index in [1.54, 1.807) is 24.2 Å². The number of nitrogens with zero attached hydrogens (tertiary/aromatic N) is 1. The Bertz CT molecular complexity index is 712. The molecule has 2 amide bonds. The first-order valence-corrected chi connectivity index (χ1v) is 10.4. The molecule has 0 radical (unpaired) electrons. The highest BCUT2D eigenvalue weighted by atomic mass is 32.2. The highest BCUT2D eigenvalue weighted by Gasteiger charge is 2.33. The lowest BCUT2D eigenvalue weighted by atomic mass is 10.2. The largest absolute Gasteiger partial charge is 0.363 e. The number of fused-ring (bicyclic) bond motifs is 1. The smallest absolute Gasteiger partial charge is 0.254 e. The zero-order valence-electron chi connectivity index (χ0n) is 14.0. The third kappa shape index (κ3) is 3.83. The fraction of sp³-hybridized carbons (Fsp3) is 0.438. The summed E-state index contributed by atoms with van der Waals surface area (Å²) in [5, 5.41) is 14.8. The van der Waals surface area contributed by atoms with Crippen LogP contribution in [-0.2, 0) is 9.59 Å². The highest BCUT2D eigenvalue weighted by Crippen LogP contribution is 2.37. The Balaban J connectivity index is 1.33. The van der Waals surface area contributed by atoms with Crippen LogP contribution in [0.4, 0.5) is 5.69 Å². The molecule has 1 saturated heterocycles. The molecule has 0 aliphatic carbocycles. The van der Waals surface area contributed by atoms with E-state index in [0.29, 0.717) is 17.9 Å². The van der Waals surface area contributed by atoms with Gasteiger partial charge in [-0.15, -0.1) is 11.8 Å². The summed E-state index contributed by atoms with van der Waals surface area (Å²) >= 11 is 3.00. The number of nitrogens with one attached hydrogen (secondary N) is 5. The Morgan fingerprint density at radius 3 is 3.00 bits per heavy atom. The predicted molar refractivity (Wildman–Crippen MR) is 103 cm³/mol. The molecule has 0 aromatic carbocycles. The lowest BCUT2D eigenvalue weighted by Gasteiger charge is -2.26. The van der Waals surface area contributed by atoms with Gasteiger partial charge in [0.2, 0.25) is 0 Å². The van der Waals surface area contributed by atoms with Crippen LogP contribution >= 0.6 is 23.5 Å². The SMILES string of the molecule is O=C(NC1CNCCN1)C1=CCSC1NC(=O)C1Nc2cnccc2S1. The van der Waals surface area contributed by atoms with Crippen LogP contribution in [0.25, 0.3) is 0 Å². The topological polar surface area (TPSA) is 107 Å². The molecular weight excluding hydrogens is 372 g/mol. The number of piperazine rings is 1. The first-order chi connectivity index (χ1) is 12.7. The maximum absolute atomic E-state index is 12.6. The molecule has 1 fully saturated rings. The molecule has 138 valence electrons. The van der Waals surface area contributed by atoms with Gasteiger partial charge in [-0.2, -0.15) is 0 Å². The number of hydrogen-bond acceptors (Lipinski definition) is 8. The molecule has 4 heterocycles. The van der Waals surface area contributed by atoms with E-state index in [9.17, 15) is 9.59 Å². The third-order valence-corrected chi connectivity index (χ3v) is 6.52. The van der Waals surface area contributed by atoms with Crippen LogP contribution < -0.4 is 26.6 Å². The predicted octanol–water partition coefficient (Wildman–Crippen LogP) is -0.324. The zero-order valence-corrected chi connectivity index (χ0v) is 15.6. The first-order valence-electron chi connectivity index (χ1n) is 8.45. The van der Waals surface area contributed by atoms with Gasteiger partial charge in [0.05, 0.1) is 18.1 Å². The number of rotatable bonds is 4. The lowest BCUT2D eigenvalue weighted by molar-refractivity contribution is -0.120. The molecule has 0 saturated carbocycles. The van der Waals surface area contributed by atoms with Crippen molar-refractivity contribution in [3.8, 4) is 0 Å². The van der Waals surface area contributed by atoms with Crippen molar-refractivity contribution in [3.05, 3.63) is 30.1 Å². The van der Waals surface area contributed by atoms with Crippen LogP contribution in [-0.4, -0.2) is 59.1 Å². The van der Waals surface area contributed by atoms with Crippen LogP contribution in [0.2, 0.25) is 0 Å². The zero-order chi connectivity index (χ0) is 17.9. The molecule has 3 aliphatic heterocycles. The molecule has 0 bridgehead atoms. The quantitative estimate of drug-likeness (QED) is 0.475. The monoisotopic (exact) mass is 392 g/mol. The Morgan fingerprint density at radius 1 is 1.27 bits per heavy atom. The molecule has 3 atom stereocenters. The Hall–Kier alpha value is -1.75. The van der Waals surface area contributed by atoms with Gasteiger partial charge in [0, 0.05) is 42.1 Å². The van der Waals surface area contributed by atoms with E-state index in [-0.39, 0.29) is 23.4 Å². The third-order valence-electron chi connectivity index (χ3n) is 4.28.